The number of aromatic nitrogens is 2. The Balaban J connectivity index is 0.719. The van der Waals surface area contributed by atoms with Crippen LogP contribution in [0.5, 0.6) is 11.5 Å². The molecule has 2 aliphatic heterocycles. The number of carbonyl (C=O) groups is 2. The number of carbonyl (C=O) groups excluding carboxylic acids is 2. The van der Waals surface area contributed by atoms with Crippen LogP contribution in [0, 0.1) is 28.4 Å². The van der Waals surface area contributed by atoms with Crippen molar-refractivity contribution in [2.24, 2.45) is 5.41 Å². The monoisotopic (exact) mass is 1140 g/mol. The van der Waals surface area contributed by atoms with E-state index < -0.39 is 46.4 Å². The van der Waals surface area contributed by atoms with Crippen LogP contribution in [0.15, 0.2) is 109 Å². The molecule has 0 bridgehead atoms. The summed E-state index contributed by atoms with van der Waals surface area (Å²) in [6.45, 7) is 11.5. The summed E-state index contributed by atoms with van der Waals surface area (Å²) in [7, 11) is 1.43. The molecule has 18 heteroatoms. The van der Waals surface area contributed by atoms with E-state index in [1.54, 1.807) is 30.3 Å². The molecule has 4 atom stereocenters. The zero-order valence-electron chi connectivity index (χ0n) is 46.6. The lowest BCUT2D eigenvalue weighted by molar-refractivity contribution is -0.118. The molecule has 2 aliphatic rings. The fraction of sp³-hybridized carbons (Fsp3) is 0.413. The second-order valence-corrected chi connectivity index (χ2v) is 23.2. The maximum absolute atomic E-state index is 16.2. The number of methoxy groups -OCH3 is 1. The summed E-state index contributed by atoms with van der Waals surface area (Å²) in [6, 6.07) is 31.2. The summed E-state index contributed by atoms with van der Waals surface area (Å²) in [5.74, 6) is -2.97. The Hall–Kier alpha value is -7.03. The number of piperazine rings is 1. The summed E-state index contributed by atoms with van der Waals surface area (Å²) in [5, 5.41) is 42.7. The van der Waals surface area contributed by atoms with Crippen molar-refractivity contribution >= 4 is 57.9 Å². The molecular weight excluding hydrogens is 1070 g/mol. The number of benzene rings is 5. The molecule has 5 aromatic carbocycles. The number of halogens is 4. The maximum Gasteiger partial charge on any atom is 0.251 e. The van der Waals surface area contributed by atoms with Gasteiger partial charge in [-0.05, 0) is 109 Å². The van der Waals surface area contributed by atoms with Gasteiger partial charge in [-0.1, -0.05) is 131 Å². The number of ether oxygens (including phenoxy) is 1. The number of aromatic hydroxyl groups is 1. The molecule has 428 valence electrons. The molecule has 8 rings (SSSR count). The number of nitrogen functional groups attached to an aromatic ring is 1. The van der Waals surface area contributed by atoms with Crippen LogP contribution in [0.1, 0.15) is 118 Å². The number of amides is 2. The van der Waals surface area contributed by atoms with Crippen molar-refractivity contribution in [1.29, 1.82) is 5.26 Å². The highest BCUT2D eigenvalue weighted by atomic mass is 35.5. The highest BCUT2D eigenvalue weighted by Crippen LogP contribution is 2.53. The van der Waals surface area contributed by atoms with Crippen LogP contribution < -0.4 is 41.5 Å². The van der Waals surface area contributed by atoms with Crippen molar-refractivity contribution in [3.63, 3.8) is 0 Å². The summed E-state index contributed by atoms with van der Waals surface area (Å²) in [5.41, 5.74) is 9.12. The summed E-state index contributed by atoms with van der Waals surface area (Å²) < 4.78 is 37.9. The topological polar surface area (TPSA) is 194 Å². The molecule has 14 nitrogen and oxygen atoms in total. The van der Waals surface area contributed by atoms with Crippen LogP contribution in [0.25, 0.3) is 11.3 Å². The fourth-order valence-corrected chi connectivity index (χ4v) is 11.7. The number of unbranched alkanes of at least 4 members (excludes halogenated alkanes) is 8. The number of nitrogens with two attached hydrogens (primary N) is 1. The number of hydrogen-bond donors (Lipinski definition) is 6. The number of hydrogen-bond acceptors (Lipinski definition) is 12. The van der Waals surface area contributed by atoms with Gasteiger partial charge in [-0.15, -0.1) is 10.2 Å². The molecule has 81 heavy (non-hydrogen) atoms. The zero-order chi connectivity index (χ0) is 57.7. The van der Waals surface area contributed by atoms with Gasteiger partial charge < -0.3 is 46.6 Å². The minimum atomic E-state index is -1.79. The number of anilines is 4. The van der Waals surface area contributed by atoms with E-state index in [1.807, 2.05) is 39.0 Å². The first-order valence-electron chi connectivity index (χ1n) is 28.1. The van der Waals surface area contributed by atoms with Crippen LogP contribution in [-0.2, 0) is 16.8 Å². The lowest BCUT2D eigenvalue weighted by Crippen LogP contribution is -2.46. The van der Waals surface area contributed by atoms with Crippen LogP contribution in [0.2, 0.25) is 10.0 Å². The van der Waals surface area contributed by atoms with E-state index in [2.05, 4.69) is 71.6 Å². The van der Waals surface area contributed by atoms with E-state index in [9.17, 15) is 20.0 Å². The van der Waals surface area contributed by atoms with E-state index >= 15 is 8.78 Å². The van der Waals surface area contributed by atoms with Gasteiger partial charge in [0.2, 0.25) is 5.91 Å². The van der Waals surface area contributed by atoms with E-state index in [0.717, 1.165) is 83.1 Å². The summed E-state index contributed by atoms with van der Waals surface area (Å²) in [4.78, 5) is 32.5. The van der Waals surface area contributed by atoms with Gasteiger partial charge in [0.1, 0.15) is 28.5 Å². The van der Waals surface area contributed by atoms with Crippen molar-refractivity contribution in [3.05, 3.63) is 153 Å². The lowest BCUT2D eigenvalue weighted by atomic mass is 9.62. The van der Waals surface area contributed by atoms with Gasteiger partial charge in [0.15, 0.2) is 5.82 Å². The largest absolute Gasteiger partial charge is 0.507 e. The molecular formula is C63H74Cl2F2N10O4. The van der Waals surface area contributed by atoms with Gasteiger partial charge in [-0.2, -0.15) is 5.26 Å². The molecule has 1 aromatic heterocycles. The third-order valence-corrected chi connectivity index (χ3v) is 16.0. The SMILES string of the molecule is COc1cc(C(=O)NCCCCCCCCCCCNCc2ccc(N3CCN(c4cc(-c5ccccc5O)nnc4N)CC3)cc2)ccc1NC(=O)[C@@H]1N[C@@H](CC(C)(C)C)[C@](C#N)(c2ccc(Cl)cc2F)[C@H]1c1cccc(Cl)c1F. The quantitative estimate of drug-likeness (QED) is 0.0315. The summed E-state index contributed by atoms with van der Waals surface area (Å²) in [6.07, 6.45) is 10.3. The van der Waals surface area contributed by atoms with Crippen LogP contribution in [-0.4, -0.2) is 85.6 Å². The number of nitrogens with zero attached hydrogens (tertiary/aromatic N) is 5. The maximum atomic E-state index is 16.2. The number of phenols is 1. The molecule has 0 radical (unpaired) electrons. The average molecular weight is 1140 g/mol. The zero-order valence-corrected chi connectivity index (χ0v) is 48.2. The van der Waals surface area contributed by atoms with Gasteiger partial charge in [0.05, 0.1) is 41.3 Å². The highest BCUT2D eigenvalue weighted by molar-refractivity contribution is 6.31. The molecule has 2 saturated heterocycles. The number of para-hydroxylation sites is 1. The Bertz CT molecular complexity index is 3170. The van der Waals surface area contributed by atoms with E-state index in [1.165, 1.54) is 74.4 Å². The van der Waals surface area contributed by atoms with Crippen molar-refractivity contribution in [1.82, 2.24) is 26.1 Å². The summed E-state index contributed by atoms with van der Waals surface area (Å²) >= 11 is 12.5. The Morgan fingerprint density at radius 1 is 0.840 bits per heavy atom. The van der Waals surface area contributed by atoms with E-state index in [0.29, 0.717) is 35.6 Å². The van der Waals surface area contributed by atoms with Crippen LogP contribution in [0.4, 0.5) is 31.7 Å². The first-order valence-corrected chi connectivity index (χ1v) is 28.8. The first kappa shape index (κ1) is 60.1. The molecule has 7 N–H and O–H groups in total. The Morgan fingerprint density at radius 2 is 1.52 bits per heavy atom. The number of nitriles is 1. The Morgan fingerprint density at radius 3 is 2.19 bits per heavy atom. The predicted molar refractivity (Wildman–Crippen MR) is 319 cm³/mol. The molecule has 2 fully saturated rings. The average Bonchev–Trinajstić information content (AvgIpc) is 3.89. The van der Waals surface area contributed by atoms with Gasteiger partial charge in [-0.25, -0.2) is 8.78 Å². The smallest absolute Gasteiger partial charge is 0.251 e. The van der Waals surface area contributed by atoms with Crippen molar-refractivity contribution in [3.8, 4) is 28.8 Å². The third kappa shape index (κ3) is 14.7. The molecule has 3 heterocycles. The number of phenolic OH excluding ortho intramolecular Hbond substituents is 1. The molecule has 0 unspecified atom stereocenters. The van der Waals surface area contributed by atoms with Crippen LogP contribution >= 0.6 is 23.2 Å². The standard InChI is InChI=1S/C63H74Cl2F2N10O4/c1-62(2,3)38-55-63(40-68,47-27-24-43(64)36-49(47)66)56(46-18-16-19-48(65)57(46)67)58(73-55)61(80)72-50-28-23-42(35-54(50)81-4)60(79)71-30-15-11-9-7-5-6-8-10-14-29-70-39-41-21-25-44(26-22-41)76-31-33-77(34-32-76)52-37-51(74-75-59(52)69)45-17-12-13-20-53(45)78/h12-13,16-28,35-37,55-56,58,70,73,78H,5-11,14-15,29-34,38-39H2,1-4H3,(H2,69,75)(H,71,79)(H,72,80)/t55-,56-,58+,63-/m0/s1. The second kappa shape index (κ2) is 27.6. The van der Waals surface area contributed by atoms with Gasteiger partial charge >= 0.3 is 0 Å². The van der Waals surface area contributed by atoms with E-state index in [-0.39, 0.29) is 44.3 Å². The fourth-order valence-electron chi connectivity index (χ4n) is 11.3. The first-order chi connectivity index (χ1) is 39.0. The minimum Gasteiger partial charge on any atom is -0.507 e. The van der Waals surface area contributed by atoms with Crippen LogP contribution in [0.3, 0.4) is 0 Å². The highest BCUT2D eigenvalue weighted by Gasteiger charge is 2.61. The lowest BCUT2D eigenvalue weighted by Gasteiger charge is -2.37. The molecule has 0 saturated carbocycles. The Labute approximate surface area is 484 Å². The molecule has 0 aliphatic carbocycles. The predicted octanol–water partition coefficient (Wildman–Crippen LogP) is 12.3. The van der Waals surface area contributed by atoms with Crippen molar-refractivity contribution in [2.45, 2.75) is 115 Å². The minimum absolute atomic E-state index is 0.0211. The van der Waals surface area contributed by atoms with Gasteiger partial charge in [0.25, 0.3) is 5.91 Å². The number of rotatable bonds is 24. The van der Waals surface area contributed by atoms with E-state index in [4.69, 9.17) is 33.7 Å². The number of nitrogens with one attached hydrogen (secondary N) is 4. The molecule has 6 aromatic rings. The van der Waals surface area contributed by atoms with Gasteiger partial charge in [0, 0.05) is 78.6 Å². The third-order valence-electron chi connectivity index (χ3n) is 15.5. The van der Waals surface area contributed by atoms with Crippen molar-refractivity contribution < 1.29 is 28.2 Å². The molecule has 0 spiro atoms. The second-order valence-electron chi connectivity index (χ2n) is 22.4. The van der Waals surface area contributed by atoms with Crippen molar-refractivity contribution in [2.75, 3.05) is 67.2 Å². The molecule has 2 amide bonds. The normalized spacial score (nSPS) is 18.1. The Kier molecular flexibility index (Phi) is 20.5. The van der Waals surface area contributed by atoms with Gasteiger partial charge in [-0.3, -0.25) is 9.59 Å².